The lowest BCUT2D eigenvalue weighted by Crippen LogP contribution is -2.42. The topological polar surface area (TPSA) is 76.1 Å². The number of hydrogen-bond donors (Lipinski definition) is 1. The molecule has 0 aromatic heterocycles. The molecule has 6 heteroatoms. The van der Waals surface area contributed by atoms with Crippen molar-refractivity contribution in [2.24, 2.45) is 0 Å². The first-order valence-electron chi connectivity index (χ1n) is 9.27. The number of hydrogen-bond acceptors (Lipinski definition) is 5. The number of nitrogens with zero attached hydrogens (tertiary/aromatic N) is 1. The molecular formula is C22H25NO5. The first-order valence-corrected chi connectivity index (χ1v) is 9.27. The van der Waals surface area contributed by atoms with E-state index in [4.69, 9.17) is 9.47 Å². The number of ketones is 1. The fourth-order valence-electron chi connectivity index (χ4n) is 3.56. The van der Waals surface area contributed by atoms with Gasteiger partial charge in [0.05, 0.1) is 19.4 Å². The average Bonchev–Trinajstić information content (AvgIpc) is 2.86. The Hall–Kier alpha value is -2.86. The summed E-state index contributed by atoms with van der Waals surface area (Å²) in [5.41, 5.74) is 0.279. The largest absolute Gasteiger partial charge is 0.493 e. The first kappa shape index (κ1) is 19.9. The Morgan fingerprint density at radius 3 is 2.57 bits per heavy atom. The molecule has 0 bridgehead atoms. The van der Waals surface area contributed by atoms with Gasteiger partial charge in [-0.1, -0.05) is 29.8 Å². The minimum atomic E-state index is -1.79. The highest BCUT2D eigenvalue weighted by atomic mass is 16.5. The van der Waals surface area contributed by atoms with E-state index in [1.807, 2.05) is 43.3 Å². The van der Waals surface area contributed by atoms with Gasteiger partial charge in [-0.3, -0.25) is 9.59 Å². The summed E-state index contributed by atoms with van der Waals surface area (Å²) in [4.78, 5) is 26.2. The molecule has 0 saturated carbocycles. The molecule has 0 spiro atoms. The summed E-state index contributed by atoms with van der Waals surface area (Å²) in [6.45, 7) is 4.04. The Morgan fingerprint density at radius 2 is 1.89 bits per heavy atom. The minimum absolute atomic E-state index is 0.226. The van der Waals surface area contributed by atoms with Crippen LogP contribution in [0.15, 0.2) is 42.5 Å². The Labute approximate surface area is 164 Å². The zero-order valence-corrected chi connectivity index (χ0v) is 16.4. The van der Waals surface area contributed by atoms with Gasteiger partial charge in [-0.2, -0.15) is 0 Å². The summed E-state index contributed by atoms with van der Waals surface area (Å²) >= 11 is 0. The molecule has 0 aliphatic carbocycles. The van der Waals surface area contributed by atoms with Crippen LogP contribution in [0.3, 0.4) is 0 Å². The molecule has 2 aromatic carbocycles. The number of Topliss-reactive ketones (excluding diaryl/α,β-unsaturated/α-hetero) is 1. The molecule has 2 aromatic rings. The molecule has 0 saturated heterocycles. The van der Waals surface area contributed by atoms with Gasteiger partial charge >= 0.3 is 0 Å². The molecule has 1 heterocycles. The third-order valence-electron chi connectivity index (χ3n) is 4.84. The van der Waals surface area contributed by atoms with E-state index >= 15 is 0 Å². The van der Waals surface area contributed by atoms with Crippen molar-refractivity contribution in [1.29, 1.82) is 0 Å². The number of methoxy groups -OCH3 is 1. The second kappa shape index (κ2) is 8.02. The lowest BCUT2D eigenvalue weighted by Gasteiger charge is -2.22. The van der Waals surface area contributed by atoms with Gasteiger partial charge in [0.15, 0.2) is 17.1 Å². The number of fused-ring (bicyclic) bond motifs is 1. The second-order valence-electron chi connectivity index (χ2n) is 7.07. The van der Waals surface area contributed by atoms with Gasteiger partial charge in [0.2, 0.25) is 0 Å². The van der Waals surface area contributed by atoms with E-state index in [1.54, 1.807) is 18.1 Å². The summed E-state index contributed by atoms with van der Waals surface area (Å²) in [5, 5.41) is 11.0. The number of rotatable bonds is 8. The van der Waals surface area contributed by atoms with Crippen LogP contribution in [0, 0.1) is 6.92 Å². The molecule has 1 aliphatic rings. The Bertz CT molecular complexity index is 894. The Balaban J connectivity index is 1.72. The Kier molecular flexibility index (Phi) is 5.70. The first-order chi connectivity index (χ1) is 13.4. The van der Waals surface area contributed by atoms with Crippen LogP contribution >= 0.6 is 0 Å². The van der Waals surface area contributed by atoms with Crippen LogP contribution in [0.25, 0.3) is 0 Å². The molecule has 1 aliphatic heterocycles. The molecule has 0 radical (unpaired) electrons. The van der Waals surface area contributed by atoms with Crippen LogP contribution < -0.4 is 14.4 Å². The van der Waals surface area contributed by atoms with Crippen LogP contribution in [-0.2, 0) is 15.2 Å². The van der Waals surface area contributed by atoms with E-state index in [0.29, 0.717) is 42.3 Å². The molecule has 1 amide bonds. The van der Waals surface area contributed by atoms with E-state index in [9.17, 15) is 14.7 Å². The summed E-state index contributed by atoms with van der Waals surface area (Å²) in [6, 6.07) is 12.9. The van der Waals surface area contributed by atoms with Crippen molar-refractivity contribution in [3.05, 3.63) is 53.6 Å². The van der Waals surface area contributed by atoms with Crippen LogP contribution in [-0.4, -0.2) is 37.1 Å². The minimum Gasteiger partial charge on any atom is -0.493 e. The lowest BCUT2D eigenvalue weighted by molar-refractivity contribution is -0.141. The molecule has 28 heavy (non-hydrogen) atoms. The zero-order valence-electron chi connectivity index (χ0n) is 16.4. The van der Waals surface area contributed by atoms with E-state index < -0.39 is 11.5 Å². The lowest BCUT2D eigenvalue weighted by atomic mass is 9.89. The molecule has 6 nitrogen and oxygen atoms in total. The molecule has 1 unspecified atom stereocenters. The predicted octanol–water partition coefficient (Wildman–Crippen LogP) is 2.99. The average molecular weight is 383 g/mol. The van der Waals surface area contributed by atoms with Crippen LogP contribution in [0.1, 0.15) is 30.9 Å². The predicted molar refractivity (Wildman–Crippen MR) is 106 cm³/mol. The second-order valence-corrected chi connectivity index (χ2v) is 7.07. The summed E-state index contributed by atoms with van der Waals surface area (Å²) in [7, 11) is 1.58. The smallest absolute Gasteiger partial charge is 0.264 e. The van der Waals surface area contributed by atoms with Gasteiger partial charge in [-0.25, -0.2) is 0 Å². The van der Waals surface area contributed by atoms with Crippen molar-refractivity contribution < 1.29 is 24.2 Å². The van der Waals surface area contributed by atoms with Gasteiger partial charge in [0, 0.05) is 18.5 Å². The molecule has 0 fully saturated rings. The maximum Gasteiger partial charge on any atom is 0.264 e. The van der Waals surface area contributed by atoms with E-state index in [-0.39, 0.29) is 12.2 Å². The zero-order chi connectivity index (χ0) is 20.3. The maximum absolute atomic E-state index is 13.0. The van der Waals surface area contributed by atoms with Crippen molar-refractivity contribution >= 4 is 17.4 Å². The molecular weight excluding hydrogens is 358 g/mol. The molecule has 1 N–H and O–H groups in total. The number of ether oxygens (including phenoxy) is 2. The highest BCUT2D eigenvalue weighted by molar-refractivity contribution is 6.08. The summed E-state index contributed by atoms with van der Waals surface area (Å²) in [6.07, 6.45) is 0.337. The molecule has 1 atom stereocenters. The number of para-hydroxylation sites is 2. The number of aryl methyl sites for hydroxylation is 1. The molecule has 3 rings (SSSR count). The number of carbonyl (C=O) groups excluding carboxylic acids is 2. The van der Waals surface area contributed by atoms with Crippen LogP contribution in [0.5, 0.6) is 11.5 Å². The van der Waals surface area contributed by atoms with Crippen molar-refractivity contribution in [3.63, 3.8) is 0 Å². The van der Waals surface area contributed by atoms with Crippen molar-refractivity contribution in [1.82, 2.24) is 0 Å². The number of anilines is 1. The van der Waals surface area contributed by atoms with Gasteiger partial charge in [-0.05, 0) is 38.5 Å². The highest BCUT2D eigenvalue weighted by Crippen LogP contribution is 2.43. The SMILES string of the molecule is COc1ccccc1OCCCN1C(=O)C(O)(CC(C)=O)c2cc(C)ccc21. The van der Waals surface area contributed by atoms with Gasteiger partial charge in [0.1, 0.15) is 5.78 Å². The number of benzene rings is 2. The normalized spacial score (nSPS) is 18.1. The van der Waals surface area contributed by atoms with Crippen LogP contribution in [0.2, 0.25) is 0 Å². The third-order valence-corrected chi connectivity index (χ3v) is 4.84. The van der Waals surface area contributed by atoms with E-state index in [0.717, 1.165) is 5.56 Å². The fraction of sp³-hybridized carbons (Fsp3) is 0.364. The van der Waals surface area contributed by atoms with E-state index in [2.05, 4.69) is 0 Å². The maximum atomic E-state index is 13.0. The van der Waals surface area contributed by atoms with Crippen molar-refractivity contribution in [2.45, 2.75) is 32.3 Å². The van der Waals surface area contributed by atoms with Gasteiger partial charge in [-0.15, -0.1) is 0 Å². The van der Waals surface area contributed by atoms with Gasteiger partial charge in [0.25, 0.3) is 5.91 Å². The van der Waals surface area contributed by atoms with Gasteiger partial charge < -0.3 is 19.5 Å². The van der Waals surface area contributed by atoms with Crippen LogP contribution in [0.4, 0.5) is 5.69 Å². The number of carbonyl (C=O) groups is 2. The summed E-state index contributed by atoms with van der Waals surface area (Å²) < 4.78 is 11.0. The fourth-order valence-corrected chi connectivity index (χ4v) is 3.56. The molecule has 148 valence electrons. The standard InChI is InChI=1S/C22H25NO5/c1-15-9-10-18-17(13-15)22(26,14-16(2)24)21(25)23(18)11-6-12-28-20-8-5-4-7-19(20)27-3/h4-5,7-10,13,26H,6,11-12,14H2,1-3H3. The Morgan fingerprint density at radius 1 is 1.18 bits per heavy atom. The quantitative estimate of drug-likeness (QED) is 0.709. The highest BCUT2D eigenvalue weighted by Gasteiger charge is 2.50. The van der Waals surface area contributed by atoms with E-state index in [1.165, 1.54) is 6.92 Å². The summed E-state index contributed by atoms with van der Waals surface area (Å²) in [5.74, 6) is 0.600. The third kappa shape index (κ3) is 3.73. The number of amides is 1. The van der Waals surface area contributed by atoms with Crippen molar-refractivity contribution in [2.75, 3.05) is 25.2 Å². The number of aliphatic hydroxyl groups is 1. The van der Waals surface area contributed by atoms with Crippen molar-refractivity contribution in [3.8, 4) is 11.5 Å². The monoisotopic (exact) mass is 383 g/mol.